The van der Waals surface area contributed by atoms with Gasteiger partial charge in [-0.05, 0) is 50.0 Å². The Morgan fingerprint density at radius 1 is 0.910 bits per heavy atom. The van der Waals surface area contributed by atoms with Crippen LogP contribution in [0.1, 0.15) is 75.8 Å². The number of amides is 3. The summed E-state index contributed by atoms with van der Waals surface area (Å²) in [6, 6.07) is 33.0. The first-order valence-electron chi connectivity index (χ1n) is 21.7. The number of unbranched alkanes of at least 4 members (excludes halogenated alkanes) is 3. The lowest BCUT2D eigenvalue weighted by atomic mass is 9.77. The van der Waals surface area contributed by atoms with Gasteiger partial charge in [0.15, 0.2) is 10.8 Å². The molecule has 352 valence electrons. The van der Waals surface area contributed by atoms with Gasteiger partial charge in [-0.1, -0.05) is 144 Å². The standard InChI is InChI=1S/C49H53N7O7S3.HI/c1-6-7-8-18-28-55(47(60)63-48(2,3)4)54-29-25-37(26-30-54)66-33-62-45(59)39-27-31-64-44-41(43(58)56(39)44)51-42(57)40(53-61-5)38-32-65-46(50-38)52-49(34-19-12-9-13-20-34,35-21-14-10-15-22-35)36-23-16-11-17-24-36;/h9-17,19-27,29-30,32,41,44H,6-8,18,28,31,33H2,1-5H3,(H-,50,51,52,57);1H/b53-40-;/t41?,44-;/m0./s1. The number of carbonyl (C=O) groups excluding carboxylic acids is 4. The molecule has 0 aliphatic carbocycles. The molecule has 2 aliphatic heterocycles. The number of hydrogen-bond acceptors (Lipinski definition) is 13. The molecule has 0 bridgehead atoms. The van der Waals surface area contributed by atoms with Crippen molar-refractivity contribution in [1.29, 1.82) is 0 Å². The molecule has 3 aromatic carbocycles. The number of anilines is 1. The number of hydrogen-bond donors (Lipinski definition) is 2. The number of pyridine rings is 1. The first-order valence-corrected chi connectivity index (χ1v) is 24.6. The van der Waals surface area contributed by atoms with E-state index >= 15 is 0 Å². The maximum absolute atomic E-state index is 13.9. The highest BCUT2D eigenvalue weighted by atomic mass is 127. The summed E-state index contributed by atoms with van der Waals surface area (Å²) in [5, 5.41) is 13.9. The van der Waals surface area contributed by atoms with Gasteiger partial charge in [0.05, 0.1) is 6.54 Å². The van der Waals surface area contributed by atoms with E-state index in [1.807, 2.05) is 87.5 Å². The van der Waals surface area contributed by atoms with E-state index in [4.69, 9.17) is 19.3 Å². The number of fused-ring (bicyclic) bond motifs is 1. The Morgan fingerprint density at radius 3 is 2.09 bits per heavy atom. The van der Waals surface area contributed by atoms with Gasteiger partial charge in [0.1, 0.15) is 47.0 Å². The molecule has 0 radical (unpaired) electrons. The number of carbonyl (C=O) groups is 4. The minimum Gasteiger partial charge on any atom is -1.00 e. The molecule has 1 fully saturated rings. The number of nitrogens with zero attached hydrogens (tertiary/aromatic N) is 5. The second-order valence-corrected chi connectivity index (χ2v) is 19.4. The molecule has 67 heavy (non-hydrogen) atoms. The molecule has 7 rings (SSSR count). The molecule has 18 heteroatoms. The van der Waals surface area contributed by atoms with Gasteiger partial charge < -0.3 is 48.9 Å². The molecule has 2 aliphatic rings. The number of thioether (sulfide) groups is 2. The summed E-state index contributed by atoms with van der Waals surface area (Å²) in [7, 11) is 1.34. The van der Waals surface area contributed by atoms with E-state index in [-0.39, 0.29) is 47.0 Å². The summed E-state index contributed by atoms with van der Waals surface area (Å²) >= 11 is 4.02. The fourth-order valence-electron chi connectivity index (χ4n) is 7.61. The van der Waals surface area contributed by atoms with Crippen LogP contribution in [-0.4, -0.2) is 81.8 Å². The van der Waals surface area contributed by atoms with Crippen LogP contribution in [0.4, 0.5) is 9.93 Å². The largest absolute Gasteiger partial charge is 1.00 e. The van der Waals surface area contributed by atoms with Crippen LogP contribution in [0, 0.1) is 0 Å². The zero-order valence-corrected chi connectivity index (χ0v) is 42.5. The topological polar surface area (TPSA) is 156 Å². The Bertz CT molecular complexity index is 2430. The first-order chi connectivity index (χ1) is 31.9. The predicted molar refractivity (Wildman–Crippen MR) is 259 cm³/mol. The number of halogens is 1. The Balaban J connectivity index is 0.00000741. The molecule has 5 aromatic rings. The molecule has 2 aromatic heterocycles. The molecule has 14 nitrogen and oxygen atoms in total. The summed E-state index contributed by atoms with van der Waals surface area (Å²) in [6.07, 6.45) is 8.78. The van der Waals surface area contributed by atoms with Gasteiger partial charge in [0.25, 0.3) is 11.8 Å². The Labute approximate surface area is 420 Å². The third-order valence-corrected chi connectivity index (χ3v) is 13.5. The van der Waals surface area contributed by atoms with Gasteiger partial charge in [0, 0.05) is 28.2 Å². The van der Waals surface area contributed by atoms with Crippen LogP contribution in [0.15, 0.2) is 143 Å². The van der Waals surface area contributed by atoms with Crippen LogP contribution in [0.3, 0.4) is 0 Å². The molecule has 1 unspecified atom stereocenters. The Kier molecular flexibility index (Phi) is 17.9. The van der Waals surface area contributed by atoms with Crippen LogP contribution >= 0.6 is 34.9 Å². The van der Waals surface area contributed by atoms with Crippen LogP contribution in [0.2, 0.25) is 0 Å². The fourth-order valence-corrected chi connectivity index (χ4v) is 10.2. The van der Waals surface area contributed by atoms with Crippen molar-refractivity contribution in [3.63, 3.8) is 0 Å². The van der Waals surface area contributed by atoms with Crippen molar-refractivity contribution in [2.75, 3.05) is 35.7 Å². The molecular weight excluding hydrogens is 1020 g/mol. The average molecular weight is 1080 g/mol. The van der Waals surface area contributed by atoms with Crippen LogP contribution in [0.25, 0.3) is 0 Å². The number of benzene rings is 3. The quantitative estimate of drug-likeness (QED) is 0.0107. The Hall–Kier alpha value is -5.44. The number of β-lactam (4-membered cyclic amide) rings is 1. The van der Waals surface area contributed by atoms with Gasteiger partial charge in [-0.15, -0.1) is 23.1 Å². The second-order valence-electron chi connectivity index (χ2n) is 16.4. The zero-order chi connectivity index (χ0) is 46.7. The van der Waals surface area contributed by atoms with Crippen molar-refractivity contribution in [3.05, 3.63) is 155 Å². The number of ether oxygens (including phenoxy) is 2. The van der Waals surface area contributed by atoms with Gasteiger partial charge in [0.2, 0.25) is 12.4 Å². The van der Waals surface area contributed by atoms with Crippen molar-refractivity contribution >= 4 is 69.6 Å². The first kappa shape index (κ1) is 51.0. The molecule has 2 N–H and O–H groups in total. The minimum absolute atomic E-state index is 0. The molecule has 4 heterocycles. The van der Waals surface area contributed by atoms with Gasteiger partial charge in [-0.2, -0.15) is 0 Å². The van der Waals surface area contributed by atoms with E-state index in [2.05, 4.69) is 59.1 Å². The maximum Gasteiger partial charge on any atom is 0.464 e. The van der Waals surface area contributed by atoms with Gasteiger partial charge >= 0.3 is 12.1 Å². The summed E-state index contributed by atoms with van der Waals surface area (Å²) in [5.74, 6) is -1.35. The van der Waals surface area contributed by atoms with Gasteiger partial charge in [-0.3, -0.25) is 14.5 Å². The van der Waals surface area contributed by atoms with E-state index in [0.29, 0.717) is 17.4 Å². The lowest BCUT2D eigenvalue weighted by Gasteiger charge is -2.48. The van der Waals surface area contributed by atoms with Gasteiger partial charge in [-0.25, -0.2) is 14.6 Å². The number of oxime groups is 1. The van der Waals surface area contributed by atoms with Crippen LogP contribution in [-0.2, 0) is 34.2 Å². The van der Waals surface area contributed by atoms with E-state index in [1.165, 1.54) is 46.9 Å². The lowest BCUT2D eigenvalue weighted by molar-refractivity contribution is -0.684. The third-order valence-electron chi connectivity index (χ3n) is 10.7. The number of esters is 1. The molecule has 2 atom stereocenters. The smallest absolute Gasteiger partial charge is 0.464 e. The summed E-state index contributed by atoms with van der Waals surface area (Å²) < 4.78 is 13.0. The van der Waals surface area contributed by atoms with Crippen molar-refractivity contribution in [2.24, 2.45) is 5.16 Å². The van der Waals surface area contributed by atoms with E-state index in [1.54, 1.807) is 33.5 Å². The fraction of sp³-hybridized carbons (Fsp3) is 0.327. The number of nitrogens with one attached hydrogen (secondary N) is 2. The molecule has 0 saturated carbocycles. The number of rotatable bonds is 19. The minimum atomic E-state index is -0.934. The highest BCUT2D eigenvalue weighted by Gasteiger charge is 2.53. The second kappa shape index (κ2) is 23.5. The van der Waals surface area contributed by atoms with Crippen molar-refractivity contribution < 1.29 is 62.1 Å². The van der Waals surface area contributed by atoms with E-state index in [9.17, 15) is 19.2 Å². The summed E-state index contributed by atoms with van der Waals surface area (Å²) in [4.78, 5) is 66.2. The number of thiazole rings is 1. The van der Waals surface area contributed by atoms with Crippen molar-refractivity contribution in [3.8, 4) is 0 Å². The lowest BCUT2D eigenvalue weighted by Crippen LogP contribution is -3.00. The zero-order valence-electron chi connectivity index (χ0n) is 37.9. The molecule has 1 saturated heterocycles. The summed E-state index contributed by atoms with van der Waals surface area (Å²) in [5.41, 5.74) is 1.73. The van der Waals surface area contributed by atoms with Crippen molar-refractivity contribution in [1.82, 2.24) is 15.2 Å². The summed E-state index contributed by atoms with van der Waals surface area (Å²) in [6.45, 7) is 8.16. The van der Waals surface area contributed by atoms with Crippen LogP contribution in [0.5, 0.6) is 0 Å². The maximum atomic E-state index is 13.9. The monoisotopic (exact) mass is 1080 g/mol. The van der Waals surface area contributed by atoms with Crippen LogP contribution < -0.4 is 44.3 Å². The predicted octanol–water partition coefficient (Wildman–Crippen LogP) is 5.22. The molecule has 0 spiro atoms. The Morgan fingerprint density at radius 2 is 1.52 bits per heavy atom. The molecule has 3 amide bonds. The average Bonchev–Trinajstić information content (AvgIpc) is 3.79. The highest BCUT2D eigenvalue weighted by Crippen LogP contribution is 2.41. The number of aromatic nitrogens is 2. The normalized spacial score (nSPS) is 15.8. The van der Waals surface area contributed by atoms with E-state index in [0.717, 1.165) is 47.3 Å². The molecular formula is C49H54IN7O7S3. The van der Waals surface area contributed by atoms with Crippen molar-refractivity contribution in [2.45, 2.75) is 80.8 Å². The SMILES string of the molecule is CCCCCCN(C(=O)OC(C)(C)C)[n+]1ccc(SCOC(=O)C2=CCS[C@H]3C(NC(=O)/C(=N\OC)c4csc(NC(c5ccccc5)(c5ccccc5)c5ccccc5)n4)C(=O)N23)cc1.[I-]. The van der Waals surface area contributed by atoms with E-state index < -0.39 is 46.4 Å². The third kappa shape index (κ3) is 12.2. The highest BCUT2D eigenvalue weighted by molar-refractivity contribution is 8.00.